The van der Waals surface area contributed by atoms with Crippen LogP contribution in [0.3, 0.4) is 0 Å². The third kappa shape index (κ3) is 4.49. The van der Waals surface area contributed by atoms with Crippen LogP contribution in [0.5, 0.6) is 11.5 Å². The number of nitrogens with zero attached hydrogens (tertiary/aromatic N) is 2. The molecule has 21 heavy (non-hydrogen) atoms. The van der Waals surface area contributed by atoms with E-state index >= 15 is 0 Å². The predicted octanol–water partition coefficient (Wildman–Crippen LogP) is 2.76. The molecule has 1 aromatic heterocycles. The Morgan fingerprint density at radius 1 is 1.29 bits per heavy atom. The van der Waals surface area contributed by atoms with Crippen molar-refractivity contribution in [2.45, 2.75) is 19.1 Å². The highest BCUT2D eigenvalue weighted by atomic mass is 32.2. The van der Waals surface area contributed by atoms with Crippen LogP contribution in [0.1, 0.15) is 23.2 Å². The first-order valence-corrected chi connectivity index (χ1v) is 7.49. The lowest BCUT2D eigenvalue weighted by molar-refractivity contribution is 0.112. The Bertz CT molecular complexity index is 600. The summed E-state index contributed by atoms with van der Waals surface area (Å²) in [5, 5.41) is 8.16. The van der Waals surface area contributed by atoms with Crippen molar-refractivity contribution in [3.8, 4) is 11.5 Å². The molecule has 0 saturated heterocycles. The number of aromatic nitrogens is 2. The summed E-state index contributed by atoms with van der Waals surface area (Å²) in [7, 11) is 0. The van der Waals surface area contributed by atoms with E-state index in [0.717, 1.165) is 6.29 Å². The van der Waals surface area contributed by atoms with Crippen molar-refractivity contribution in [1.29, 1.82) is 0 Å². The number of rotatable bonds is 8. The minimum absolute atomic E-state index is 0.465. The van der Waals surface area contributed by atoms with Gasteiger partial charge >= 0.3 is 0 Å². The maximum Gasteiger partial charge on any atom is 0.276 e. The summed E-state index contributed by atoms with van der Waals surface area (Å²) in [5.74, 6) is 2.40. The van der Waals surface area contributed by atoms with Crippen LogP contribution in [0.2, 0.25) is 0 Å². The van der Waals surface area contributed by atoms with Gasteiger partial charge in [-0.3, -0.25) is 4.79 Å². The van der Waals surface area contributed by atoms with E-state index < -0.39 is 0 Å². The largest absolute Gasteiger partial charge is 0.490 e. The number of hydrogen-bond acceptors (Lipinski definition) is 7. The molecule has 0 aliphatic rings. The molecule has 1 heterocycles. The van der Waals surface area contributed by atoms with Gasteiger partial charge in [0, 0.05) is 18.2 Å². The first-order chi connectivity index (χ1) is 10.2. The molecule has 2 aromatic rings. The zero-order valence-corrected chi connectivity index (χ0v) is 12.7. The van der Waals surface area contributed by atoms with Gasteiger partial charge in [-0.05, 0) is 25.1 Å². The number of benzene rings is 1. The summed E-state index contributed by atoms with van der Waals surface area (Å²) in [6.07, 6.45) is 0.778. The van der Waals surface area contributed by atoms with E-state index in [1.165, 1.54) is 11.8 Å². The lowest BCUT2D eigenvalue weighted by atomic mass is 10.2. The Kier molecular flexibility index (Phi) is 5.62. The topological polar surface area (TPSA) is 74.5 Å². The monoisotopic (exact) mass is 308 g/mol. The molecule has 0 unspecified atom stereocenters. The quantitative estimate of drug-likeness (QED) is 0.421. The Balaban J connectivity index is 1.88. The van der Waals surface area contributed by atoms with Gasteiger partial charge in [-0.1, -0.05) is 11.8 Å². The number of aldehydes is 1. The molecule has 0 aliphatic heterocycles. The highest BCUT2D eigenvalue weighted by molar-refractivity contribution is 7.99. The van der Waals surface area contributed by atoms with E-state index in [2.05, 4.69) is 10.2 Å². The fourth-order valence-electron chi connectivity index (χ4n) is 1.60. The van der Waals surface area contributed by atoms with Gasteiger partial charge in [0.05, 0.1) is 13.2 Å². The van der Waals surface area contributed by atoms with E-state index in [9.17, 15) is 4.79 Å². The van der Waals surface area contributed by atoms with Crippen molar-refractivity contribution in [3.63, 3.8) is 0 Å². The second-order valence-corrected chi connectivity index (χ2v) is 5.09. The maximum atomic E-state index is 10.8. The summed E-state index contributed by atoms with van der Waals surface area (Å²) >= 11 is 1.43. The van der Waals surface area contributed by atoms with Gasteiger partial charge in [-0.15, -0.1) is 10.2 Å². The van der Waals surface area contributed by atoms with E-state index in [1.54, 1.807) is 25.1 Å². The number of ether oxygens (including phenoxy) is 2. The Morgan fingerprint density at radius 3 is 2.81 bits per heavy atom. The van der Waals surface area contributed by atoms with Gasteiger partial charge in [-0.2, -0.15) is 0 Å². The molecule has 0 aliphatic carbocycles. The van der Waals surface area contributed by atoms with Gasteiger partial charge in [0.25, 0.3) is 5.22 Å². The second-order valence-electron chi connectivity index (χ2n) is 4.04. The van der Waals surface area contributed by atoms with Crippen LogP contribution < -0.4 is 9.47 Å². The van der Waals surface area contributed by atoms with Crippen LogP contribution in [0, 0.1) is 6.92 Å². The molecule has 2 rings (SSSR count). The molecule has 6 nitrogen and oxygen atoms in total. The number of thioether (sulfide) groups is 1. The van der Waals surface area contributed by atoms with Gasteiger partial charge in [-0.25, -0.2) is 0 Å². The molecule has 1 aromatic carbocycles. The van der Waals surface area contributed by atoms with Crippen molar-refractivity contribution < 1.29 is 18.7 Å². The average molecular weight is 308 g/mol. The highest BCUT2D eigenvalue weighted by Crippen LogP contribution is 2.28. The Morgan fingerprint density at radius 2 is 2.14 bits per heavy atom. The van der Waals surface area contributed by atoms with E-state index in [4.69, 9.17) is 13.9 Å². The zero-order chi connectivity index (χ0) is 15.1. The van der Waals surface area contributed by atoms with Gasteiger partial charge in [0.15, 0.2) is 11.5 Å². The van der Waals surface area contributed by atoms with Crippen LogP contribution in [0.4, 0.5) is 0 Å². The van der Waals surface area contributed by atoms with Crippen LogP contribution in [0.25, 0.3) is 0 Å². The normalized spacial score (nSPS) is 10.4. The SMILES string of the molecule is CCOc1cc(C=O)ccc1OCCSc1nnc(C)o1. The van der Waals surface area contributed by atoms with Gasteiger partial charge in [0.2, 0.25) is 5.89 Å². The van der Waals surface area contributed by atoms with Gasteiger partial charge < -0.3 is 13.9 Å². The summed E-state index contributed by atoms with van der Waals surface area (Å²) in [6, 6.07) is 5.09. The van der Waals surface area contributed by atoms with Crippen LogP contribution in [-0.4, -0.2) is 35.5 Å². The third-order valence-corrected chi connectivity index (χ3v) is 3.26. The van der Waals surface area contributed by atoms with Crippen molar-refractivity contribution in [3.05, 3.63) is 29.7 Å². The number of aryl methyl sites for hydroxylation is 1. The van der Waals surface area contributed by atoms with Crippen molar-refractivity contribution in [2.75, 3.05) is 19.0 Å². The Hall–Kier alpha value is -2.02. The molecule has 7 heteroatoms. The van der Waals surface area contributed by atoms with Crippen LogP contribution in [-0.2, 0) is 0 Å². The summed E-state index contributed by atoms with van der Waals surface area (Å²) in [5.41, 5.74) is 0.557. The molecular formula is C14H16N2O4S. The van der Waals surface area contributed by atoms with Crippen molar-refractivity contribution in [1.82, 2.24) is 10.2 Å². The summed E-state index contributed by atoms with van der Waals surface area (Å²) in [4.78, 5) is 10.8. The van der Waals surface area contributed by atoms with E-state index in [0.29, 0.717) is 47.1 Å². The molecule has 0 saturated carbocycles. The fourth-order valence-corrected chi connectivity index (χ4v) is 2.22. The first kappa shape index (κ1) is 15.4. The average Bonchev–Trinajstić information content (AvgIpc) is 2.90. The van der Waals surface area contributed by atoms with Crippen LogP contribution in [0.15, 0.2) is 27.8 Å². The standard InChI is InChI=1S/C14H16N2O4S/c1-3-18-13-8-11(9-17)4-5-12(13)19-6-7-21-14-16-15-10(2)20-14/h4-5,8-9H,3,6-7H2,1-2H3. The summed E-state index contributed by atoms with van der Waals surface area (Å²) in [6.45, 7) is 4.60. The summed E-state index contributed by atoms with van der Waals surface area (Å²) < 4.78 is 16.4. The molecule has 0 N–H and O–H groups in total. The van der Waals surface area contributed by atoms with E-state index in [-0.39, 0.29) is 0 Å². The highest BCUT2D eigenvalue weighted by Gasteiger charge is 2.07. The smallest absolute Gasteiger partial charge is 0.276 e. The second kappa shape index (κ2) is 7.68. The Labute approximate surface area is 126 Å². The predicted molar refractivity (Wildman–Crippen MR) is 78.3 cm³/mol. The molecule has 0 spiro atoms. The first-order valence-electron chi connectivity index (χ1n) is 6.50. The molecule has 112 valence electrons. The number of hydrogen-bond donors (Lipinski definition) is 0. The van der Waals surface area contributed by atoms with Crippen molar-refractivity contribution >= 4 is 18.0 Å². The number of carbonyl (C=O) groups is 1. The molecule has 0 atom stereocenters. The number of carbonyl (C=O) groups excluding carboxylic acids is 1. The zero-order valence-electron chi connectivity index (χ0n) is 11.9. The maximum absolute atomic E-state index is 10.8. The lowest BCUT2D eigenvalue weighted by Gasteiger charge is -2.11. The molecule has 0 radical (unpaired) electrons. The molecular weight excluding hydrogens is 292 g/mol. The minimum Gasteiger partial charge on any atom is -0.490 e. The van der Waals surface area contributed by atoms with Crippen molar-refractivity contribution in [2.24, 2.45) is 0 Å². The molecule has 0 bridgehead atoms. The fraction of sp³-hybridized carbons (Fsp3) is 0.357. The molecule has 0 fully saturated rings. The van der Waals surface area contributed by atoms with Gasteiger partial charge in [0.1, 0.15) is 6.29 Å². The minimum atomic E-state index is 0.465. The van der Waals surface area contributed by atoms with Crippen LogP contribution >= 0.6 is 11.8 Å². The van der Waals surface area contributed by atoms with E-state index in [1.807, 2.05) is 6.92 Å². The molecule has 0 amide bonds. The third-order valence-electron chi connectivity index (χ3n) is 2.48. The lowest BCUT2D eigenvalue weighted by Crippen LogP contribution is -2.03.